The van der Waals surface area contributed by atoms with Gasteiger partial charge in [0.25, 0.3) is 0 Å². The fourth-order valence-electron chi connectivity index (χ4n) is 4.65. The van der Waals surface area contributed by atoms with Crippen LogP contribution in [-0.2, 0) is 9.47 Å². The second-order valence-electron chi connectivity index (χ2n) is 12.5. The van der Waals surface area contributed by atoms with Crippen molar-refractivity contribution in [1.29, 1.82) is 0 Å². The molecule has 0 aromatic heterocycles. The van der Waals surface area contributed by atoms with Gasteiger partial charge < -0.3 is 9.47 Å². The molecule has 3 atom stereocenters. The molecule has 3 unspecified atom stereocenters. The Kier molecular flexibility index (Phi) is 17.8. The van der Waals surface area contributed by atoms with Gasteiger partial charge in [0, 0.05) is 13.2 Å². The normalized spacial score (nSPS) is 15.4. The quantitative estimate of drug-likeness (QED) is 0.148. The van der Waals surface area contributed by atoms with Crippen molar-refractivity contribution in [2.45, 2.75) is 157 Å². The average molecular weight is 467 g/mol. The van der Waals surface area contributed by atoms with E-state index in [4.69, 9.17) is 9.47 Å². The second kappa shape index (κ2) is 18.0. The predicted octanol–water partition coefficient (Wildman–Crippen LogP) is 10.2. The number of hydrogen-bond acceptors (Lipinski definition) is 2. The molecular weight excluding hydrogens is 404 g/mol. The molecule has 0 aromatic rings. The van der Waals surface area contributed by atoms with Crippen molar-refractivity contribution < 1.29 is 9.47 Å². The lowest BCUT2D eigenvalue weighted by Gasteiger charge is -2.28. The first-order valence-corrected chi connectivity index (χ1v) is 14.3. The highest BCUT2D eigenvalue weighted by Gasteiger charge is 2.20. The van der Waals surface area contributed by atoms with Crippen LogP contribution in [-0.4, -0.2) is 24.4 Å². The Morgan fingerprint density at radius 3 is 1.45 bits per heavy atom. The van der Waals surface area contributed by atoms with Crippen LogP contribution in [0.4, 0.5) is 0 Å². The van der Waals surface area contributed by atoms with Crippen LogP contribution in [0.25, 0.3) is 0 Å². The maximum atomic E-state index is 6.28. The van der Waals surface area contributed by atoms with E-state index in [9.17, 15) is 0 Å². The van der Waals surface area contributed by atoms with Gasteiger partial charge in [-0.25, -0.2) is 0 Å². The Morgan fingerprint density at radius 1 is 0.667 bits per heavy atom. The third-order valence-corrected chi connectivity index (χ3v) is 7.24. The van der Waals surface area contributed by atoms with Gasteiger partial charge in [0.1, 0.15) is 0 Å². The van der Waals surface area contributed by atoms with E-state index < -0.39 is 0 Å². The molecule has 0 saturated heterocycles. The zero-order chi connectivity index (χ0) is 25.3. The summed E-state index contributed by atoms with van der Waals surface area (Å²) in [6.07, 6.45) is 16.1. The van der Waals surface area contributed by atoms with Gasteiger partial charge in [-0.3, -0.25) is 0 Å². The number of ether oxygens (including phenoxy) is 2. The summed E-state index contributed by atoms with van der Waals surface area (Å²) in [6.45, 7) is 26.4. The van der Waals surface area contributed by atoms with Gasteiger partial charge in [-0.15, -0.1) is 6.58 Å². The van der Waals surface area contributed by atoms with Crippen molar-refractivity contribution >= 4 is 0 Å². The first-order chi connectivity index (χ1) is 15.4. The van der Waals surface area contributed by atoms with Crippen molar-refractivity contribution in [1.82, 2.24) is 0 Å². The molecule has 198 valence electrons. The van der Waals surface area contributed by atoms with E-state index in [1.807, 2.05) is 0 Å². The number of hydrogen-bond donors (Lipinski definition) is 0. The highest BCUT2D eigenvalue weighted by Crippen LogP contribution is 2.25. The first kappa shape index (κ1) is 32.7. The summed E-state index contributed by atoms with van der Waals surface area (Å²) in [5.74, 6) is 2.31. The Labute approximate surface area is 209 Å². The van der Waals surface area contributed by atoms with Gasteiger partial charge in [-0.1, -0.05) is 78.2 Å². The second-order valence-corrected chi connectivity index (χ2v) is 12.5. The van der Waals surface area contributed by atoms with Gasteiger partial charge in [-0.2, -0.15) is 0 Å². The molecule has 0 aliphatic rings. The fourth-order valence-corrected chi connectivity index (χ4v) is 4.65. The molecule has 0 aliphatic heterocycles. The van der Waals surface area contributed by atoms with Crippen LogP contribution < -0.4 is 0 Å². The van der Waals surface area contributed by atoms with E-state index in [0.29, 0.717) is 0 Å². The lowest BCUT2D eigenvalue weighted by atomic mass is 9.94. The molecular formula is C31H62O2. The molecule has 0 heterocycles. The lowest BCUT2D eigenvalue weighted by Crippen LogP contribution is -2.26. The van der Waals surface area contributed by atoms with Crippen molar-refractivity contribution in [3.05, 3.63) is 12.2 Å². The molecule has 0 radical (unpaired) electrons. The molecule has 2 heteroatoms. The van der Waals surface area contributed by atoms with Gasteiger partial charge in [-0.05, 0) is 90.9 Å². The number of rotatable bonds is 22. The minimum atomic E-state index is -0.00938. The molecule has 0 fully saturated rings. The molecule has 0 spiro atoms. The van der Waals surface area contributed by atoms with Gasteiger partial charge in [0.05, 0.1) is 11.2 Å². The smallest absolute Gasteiger partial charge is 0.0626 e. The molecule has 0 amide bonds. The van der Waals surface area contributed by atoms with E-state index >= 15 is 0 Å². The van der Waals surface area contributed by atoms with Crippen molar-refractivity contribution in [2.75, 3.05) is 13.2 Å². The van der Waals surface area contributed by atoms with E-state index in [-0.39, 0.29) is 11.2 Å². The van der Waals surface area contributed by atoms with E-state index in [1.165, 1.54) is 76.2 Å². The summed E-state index contributed by atoms with van der Waals surface area (Å²) in [4.78, 5) is 0. The molecule has 0 rings (SSSR count). The Morgan fingerprint density at radius 2 is 1.06 bits per heavy atom. The Hall–Kier alpha value is -0.340. The third-order valence-electron chi connectivity index (χ3n) is 7.24. The van der Waals surface area contributed by atoms with Gasteiger partial charge in [0.15, 0.2) is 0 Å². The maximum absolute atomic E-state index is 6.28. The largest absolute Gasteiger partial charge is 0.376 e. The molecule has 0 saturated carbocycles. The molecule has 0 aromatic carbocycles. The first-order valence-electron chi connectivity index (χ1n) is 14.3. The lowest BCUT2D eigenvalue weighted by molar-refractivity contribution is -0.0345. The van der Waals surface area contributed by atoms with E-state index in [1.54, 1.807) is 0 Å². The van der Waals surface area contributed by atoms with Crippen LogP contribution >= 0.6 is 0 Å². The van der Waals surface area contributed by atoms with E-state index in [2.05, 4.69) is 68.9 Å². The summed E-state index contributed by atoms with van der Waals surface area (Å²) in [6, 6.07) is 0. The monoisotopic (exact) mass is 466 g/mol. The Bertz CT molecular complexity index is 479. The standard InChI is InChI=1S/C31H62O2/c1-11-15-27(4)18-13-22-30(7,8)33-25-21-29(6)19-14-23-31(9,10)32-24-20-28(5)17-12-16-26(2)3/h27-29H,2,11-25H2,1,3-10H3. The molecule has 2 nitrogen and oxygen atoms in total. The minimum absolute atomic E-state index is 0.00938. The molecule has 0 N–H and O–H groups in total. The van der Waals surface area contributed by atoms with Crippen LogP contribution in [0.5, 0.6) is 0 Å². The number of allylic oxidation sites excluding steroid dienone is 1. The highest BCUT2D eigenvalue weighted by molar-refractivity contribution is 4.87. The van der Waals surface area contributed by atoms with Crippen molar-refractivity contribution in [2.24, 2.45) is 17.8 Å². The van der Waals surface area contributed by atoms with Gasteiger partial charge in [0.2, 0.25) is 0 Å². The molecule has 33 heavy (non-hydrogen) atoms. The summed E-state index contributed by atoms with van der Waals surface area (Å²) in [7, 11) is 0. The summed E-state index contributed by atoms with van der Waals surface area (Å²) >= 11 is 0. The SMILES string of the molecule is C=C(C)CCCC(C)CCOC(C)(C)CCCC(C)CCOC(C)(C)CCCC(C)CCC. The van der Waals surface area contributed by atoms with Crippen molar-refractivity contribution in [3.8, 4) is 0 Å². The van der Waals surface area contributed by atoms with Crippen LogP contribution in [0.3, 0.4) is 0 Å². The molecule has 0 aliphatic carbocycles. The third kappa shape index (κ3) is 20.7. The minimum Gasteiger partial charge on any atom is -0.376 e. The summed E-state index contributed by atoms with van der Waals surface area (Å²) in [5.41, 5.74) is 1.31. The maximum Gasteiger partial charge on any atom is 0.0626 e. The average Bonchev–Trinajstić information content (AvgIpc) is 2.67. The van der Waals surface area contributed by atoms with E-state index in [0.717, 1.165) is 43.8 Å². The molecule has 0 bridgehead atoms. The van der Waals surface area contributed by atoms with Crippen LogP contribution in [0.1, 0.15) is 146 Å². The summed E-state index contributed by atoms with van der Waals surface area (Å²) < 4.78 is 12.5. The zero-order valence-corrected chi connectivity index (χ0v) is 24.4. The zero-order valence-electron chi connectivity index (χ0n) is 24.4. The fraction of sp³-hybridized carbons (Fsp3) is 0.935. The van der Waals surface area contributed by atoms with Crippen LogP contribution in [0.2, 0.25) is 0 Å². The highest BCUT2D eigenvalue weighted by atomic mass is 16.5. The van der Waals surface area contributed by atoms with Crippen molar-refractivity contribution in [3.63, 3.8) is 0 Å². The van der Waals surface area contributed by atoms with Gasteiger partial charge >= 0.3 is 0 Å². The van der Waals surface area contributed by atoms with Crippen LogP contribution in [0, 0.1) is 17.8 Å². The topological polar surface area (TPSA) is 18.5 Å². The Balaban J connectivity index is 3.90. The van der Waals surface area contributed by atoms with Crippen LogP contribution in [0.15, 0.2) is 12.2 Å². The summed E-state index contributed by atoms with van der Waals surface area (Å²) in [5, 5.41) is 0. The predicted molar refractivity (Wildman–Crippen MR) is 148 cm³/mol.